The summed E-state index contributed by atoms with van der Waals surface area (Å²) in [5.41, 5.74) is 0. The van der Waals surface area contributed by atoms with Crippen LogP contribution in [0.2, 0.25) is 0 Å². The maximum absolute atomic E-state index is 12.1. The molecule has 0 radical (unpaired) electrons. The standard InChI is InChI=1S/C37H60O4/c1-3-5-7-9-11-13-15-16-17-18-19-20-21-22-24-26-28-30-32-34-36(38)41-35(37(39)40)33-31-29-27-25-23-14-12-10-8-6-4-2/h5,7,11,13,16-17,19-20,22,24,28,30,35H,3-4,6,8-10,12,14-15,18,21,23,25-27,29,31-34H2,1-2H3,(H,39,40)/b7-5-,13-11-,17-16-,20-19-,24-22-,30-28-. The number of rotatable bonds is 28. The van der Waals surface area contributed by atoms with Gasteiger partial charge in [-0.25, -0.2) is 4.79 Å². The van der Waals surface area contributed by atoms with Crippen molar-refractivity contribution in [3.8, 4) is 0 Å². The molecule has 0 aliphatic carbocycles. The summed E-state index contributed by atoms with van der Waals surface area (Å²) in [6.07, 6.45) is 45.0. The average molecular weight is 569 g/mol. The minimum atomic E-state index is -1.04. The van der Waals surface area contributed by atoms with Gasteiger partial charge in [0.25, 0.3) is 0 Å². The number of carbonyl (C=O) groups is 2. The maximum Gasteiger partial charge on any atom is 0.345 e. The summed E-state index contributed by atoms with van der Waals surface area (Å²) in [5, 5.41) is 9.41. The highest BCUT2D eigenvalue weighted by atomic mass is 16.6. The van der Waals surface area contributed by atoms with Crippen molar-refractivity contribution < 1.29 is 19.4 Å². The molecule has 1 atom stereocenters. The molecule has 0 fully saturated rings. The Morgan fingerprint density at radius 3 is 1.37 bits per heavy atom. The Hall–Kier alpha value is -2.62. The molecule has 0 bridgehead atoms. The summed E-state index contributed by atoms with van der Waals surface area (Å²) in [6, 6.07) is 0. The number of hydrogen-bond acceptors (Lipinski definition) is 3. The first-order chi connectivity index (χ1) is 20.1. The molecule has 4 nitrogen and oxygen atoms in total. The van der Waals surface area contributed by atoms with Crippen LogP contribution in [0.1, 0.15) is 142 Å². The van der Waals surface area contributed by atoms with Crippen LogP contribution in [0.25, 0.3) is 0 Å². The van der Waals surface area contributed by atoms with E-state index in [2.05, 4.69) is 74.6 Å². The molecule has 4 heteroatoms. The van der Waals surface area contributed by atoms with E-state index in [1.165, 1.54) is 51.4 Å². The zero-order valence-corrected chi connectivity index (χ0v) is 26.3. The lowest BCUT2D eigenvalue weighted by molar-refractivity contribution is -0.164. The van der Waals surface area contributed by atoms with Gasteiger partial charge in [-0.05, 0) is 57.8 Å². The lowest BCUT2D eigenvalue weighted by Crippen LogP contribution is -2.26. The fourth-order valence-corrected chi connectivity index (χ4v) is 4.29. The minimum absolute atomic E-state index is 0.213. The molecule has 0 aromatic rings. The second-order valence-corrected chi connectivity index (χ2v) is 10.6. The van der Waals surface area contributed by atoms with Crippen LogP contribution >= 0.6 is 0 Å². The fraction of sp³-hybridized carbons (Fsp3) is 0.622. The molecule has 0 aliphatic rings. The van der Waals surface area contributed by atoms with Crippen LogP contribution in [-0.4, -0.2) is 23.1 Å². The second-order valence-electron chi connectivity index (χ2n) is 10.6. The molecule has 0 saturated heterocycles. The van der Waals surface area contributed by atoms with E-state index in [1.54, 1.807) is 0 Å². The highest BCUT2D eigenvalue weighted by Gasteiger charge is 2.21. The summed E-state index contributed by atoms with van der Waals surface area (Å²) >= 11 is 0. The number of aliphatic carboxylic acids is 1. The van der Waals surface area contributed by atoms with E-state index >= 15 is 0 Å². The molecule has 0 aromatic carbocycles. The van der Waals surface area contributed by atoms with Crippen molar-refractivity contribution in [2.75, 3.05) is 0 Å². The number of carboxylic acids is 1. The molecule has 0 saturated carbocycles. The zero-order valence-electron chi connectivity index (χ0n) is 26.3. The largest absolute Gasteiger partial charge is 0.479 e. The Morgan fingerprint density at radius 1 is 0.561 bits per heavy atom. The van der Waals surface area contributed by atoms with E-state index < -0.39 is 18.0 Å². The SMILES string of the molecule is CC/C=C\C/C=C\C/C=C\C/C=C\C/C=C\C/C=C\CCC(=O)OC(CCCCCCCCCCCCC)C(=O)O. The summed E-state index contributed by atoms with van der Waals surface area (Å²) in [6.45, 7) is 4.39. The predicted molar refractivity (Wildman–Crippen MR) is 176 cm³/mol. The summed E-state index contributed by atoms with van der Waals surface area (Å²) in [5.74, 6) is -1.47. The van der Waals surface area contributed by atoms with Gasteiger partial charge in [0.05, 0.1) is 0 Å². The van der Waals surface area contributed by atoms with Crippen LogP contribution in [0.5, 0.6) is 0 Å². The van der Waals surface area contributed by atoms with Gasteiger partial charge >= 0.3 is 11.9 Å². The Labute approximate surface area is 252 Å². The Balaban J connectivity index is 3.80. The lowest BCUT2D eigenvalue weighted by Gasteiger charge is -2.13. The van der Waals surface area contributed by atoms with Crippen molar-refractivity contribution in [3.05, 3.63) is 72.9 Å². The highest BCUT2D eigenvalue weighted by molar-refractivity contribution is 5.78. The van der Waals surface area contributed by atoms with E-state index in [4.69, 9.17) is 4.74 Å². The van der Waals surface area contributed by atoms with Gasteiger partial charge in [-0.15, -0.1) is 0 Å². The van der Waals surface area contributed by atoms with Crippen LogP contribution in [0, 0.1) is 0 Å². The van der Waals surface area contributed by atoms with Crippen molar-refractivity contribution in [2.24, 2.45) is 0 Å². The van der Waals surface area contributed by atoms with Crippen LogP contribution in [0.4, 0.5) is 0 Å². The topological polar surface area (TPSA) is 63.6 Å². The van der Waals surface area contributed by atoms with Crippen molar-refractivity contribution in [3.63, 3.8) is 0 Å². The number of hydrogen-bond donors (Lipinski definition) is 1. The highest BCUT2D eigenvalue weighted by Crippen LogP contribution is 2.14. The van der Waals surface area contributed by atoms with Crippen LogP contribution in [0.3, 0.4) is 0 Å². The number of carboxylic acid groups (broad SMARTS) is 1. The molecule has 0 spiro atoms. The third-order valence-electron chi connectivity index (χ3n) is 6.73. The van der Waals surface area contributed by atoms with Crippen molar-refractivity contribution in [1.82, 2.24) is 0 Å². The van der Waals surface area contributed by atoms with E-state index in [9.17, 15) is 14.7 Å². The van der Waals surface area contributed by atoms with Crippen molar-refractivity contribution in [2.45, 2.75) is 148 Å². The molecule has 41 heavy (non-hydrogen) atoms. The maximum atomic E-state index is 12.1. The monoisotopic (exact) mass is 568 g/mol. The molecule has 232 valence electrons. The smallest absolute Gasteiger partial charge is 0.345 e. The number of carbonyl (C=O) groups excluding carboxylic acids is 1. The Kier molecular flexibility index (Phi) is 29.9. The summed E-state index contributed by atoms with van der Waals surface area (Å²) in [4.78, 5) is 23.6. The zero-order chi connectivity index (χ0) is 30.1. The van der Waals surface area contributed by atoms with Gasteiger partial charge in [-0.2, -0.15) is 0 Å². The molecule has 1 unspecified atom stereocenters. The average Bonchev–Trinajstić information content (AvgIpc) is 2.96. The third kappa shape index (κ3) is 30.2. The molecule has 0 amide bonds. The van der Waals surface area contributed by atoms with Gasteiger partial charge in [0.15, 0.2) is 6.10 Å². The van der Waals surface area contributed by atoms with E-state index in [1.807, 2.05) is 12.2 Å². The predicted octanol–water partition coefficient (Wildman–Crippen LogP) is 11.2. The van der Waals surface area contributed by atoms with E-state index in [0.29, 0.717) is 12.8 Å². The quantitative estimate of drug-likeness (QED) is 0.0579. The molecule has 0 aromatic heterocycles. The van der Waals surface area contributed by atoms with Crippen LogP contribution in [0.15, 0.2) is 72.9 Å². The fourth-order valence-electron chi connectivity index (χ4n) is 4.29. The van der Waals surface area contributed by atoms with Gasteiger partial charge in [-0.1, -0.05) is 151 Å². The molecular formula is C37H60O4. The number of ether oxygens (including phenoxy) is 1. The first kappa shape index (κ1) is 38.4. The van der Waals surface area contributed by atoms with Crippen LogP contribution < -0.4 is 0 Å². The molecule has 0 aliphatic heterocycles. The Morgan fingerprint density at radius 2 is 0.951 bits per heavy atom. The van der Waals surface area contributed by atoms with Crippen molar-refractivity contribution in [1.29, 1.82) is 0 Å². The summed E-state index contributed by atoms with van der Waals surface area (Å²) in [7, 11) is 0. The molecule has 1 N–H and O–H groups in total. The first-order valence-corrected chi connectivity index (χ1v) is 16.4. The third-order valence-corrected chi connectivity index (χ3v) is 6.73. The number of allylic oxidation sites excluding steroid dienone is 12. The first-order valence-electron chi connectivity index (χ1n) is 16.4. The van der Waals surface area contributed by atoms with Crippen molar-refractivity contribution >= 4 is 11.9 Å². The minimum Gasteiger partial charge on any atom is -0.479 e. The number of unbranched alkanes of at least 4 members (excludes halogenated alkanes) is 10. The normalized spacial score (nSPS) is 13.2. The molecule has 0 heterocycles. The lowest BCUT2D eigenvalue weighted by atomic mass is 10.0. The summed E-state index contributed by atoms with van der Waals surface area (Å²) < 4.78 is 5.24. The van der Waals surface area contributed by atoms with E-state index in [-0.39, 0.29) is 6.42 Å². The van der Waals surface area contributed by atoms with Gasteiger partial charge in [0, 0.05) is 6.42 Å². The molecular weight excluding hydrogens is 508 g/mol. The van der Waals surface area contributed by atoms with Gasteiger partial charge in [-0.3, -0.25) is 4.79 Å². The number of esters is 1. The van der Waals surface area contributed by atoms with Gasteiger partial charge < -0.3 is 9.84 Å². The Bertz CT molecular complexity index is 785. The van der Waals surface area contributed by atoms with Gasteiger partial charge in [0.1, 0.15) is 0 Å². The van der Waals surface area contributed by atoms with Crippen LogP contribution in [-0.2, 0) is 14.3 Å². The second kappa shape index (κ2) is 31.9. The molecule has 0 rings (SSSR count). The van der Waals surface area contributed by atoms with Gasteiger partial charge in [0.2, 0.25) is 0 Å². The van der Waals surface area contributed by atoms with E-state index in [0.717, 1.165) is 57.8 Å².